The summed E-state index contributed by atoms with van der Waals surface area (Å²) in [5, 5.41) is 5.59. The Kier molecular flexibility index (Phi) is 8.85. The Morgan fingerprint density at radius 2 is 1.59 bits per heavy atom. The highest BCUT2D eigenvalue weighted by Gasteiger charge is 2.35. The molecule has 2 unspecified atom stereocenters. The Morgan fingerprint density at radius 1 is 0.971 bits per heavy atom. The van der Waals surface area contributed by atoms with E-state index >= 15 is 0 Å². The first-order valence-corrected chi connectivity index (χ1v) is 11.6. The molecule has 184 valence electrons. The number of benzene rings is 2. The molecule has 0 bridgehead atoms. The summed E-state index contributed by atoms with van der Waals surface area (Å²) in [5.41, 5.74) is 3.62. The maximum Gasteiger partial charge on any atom is 0.408 e. The normalized spacial score (nSPS) is 12.9. The van der Waals surface area contributed by atoms with Gasteiger partial charge in [0.1, 0.15) is 17.7 Å². The van der Waals surface area contributed by atoms with Crippen LogP contribution in [0.25, 0.3) is 0 Å². The Bertz CT molecular complexity index is 1040. The summed E-state index contributed by atoms with van der Waals surface area (Å²) in [6.07, 6.45) is -0.683. The number of aryl methyl sites for hydroxylation is 2. The van der Waals surface area contributed by atoms with E-state index in [0.29, 0.717) is 5.69 Å². The SMILES string of the molecule is CCN(C(=O)C(C)NC(=O)OC(C)(C)C)C(C(=O)Nc1ccccc1C)c1cccc(C)c1C. The van der Waals surface area contributed by atoms with E-state index in [1.165, 1.54) is 4.90 Å². The molecule has 0 heterocycles. The standard InChI is InChI=1S/C27H37N3O4/c1-9-30(25(32)20(5)28-26(33)34-27(6,7)8)23(21-15-12-14-17(2)19(21)4)24(31)29-22-16-11-10-13-18(22)3/h10-16,20,23H,9H2,1-8H3,(H,28,33)(H,29,31). The molecule has 0 saturated carbocycles. The molecule has 2 atom stereocenters. The zero-order valence-corrected chi connectivity index (χ0v) is 21.5. The monoisotopic (exact) mass is 467 g/mol. The fourth-order valence-electron chi connectivity index (χ4n) is 3.70. The molecule has 0 radical (unpaired) electrons. The van der Waals surface area contributed by atoms with Gasteiger partial charge in [-0.15, -0.1) is 0 Å². The highest BCUT2D eigenvalue weighted by molar-refractivity contribution is 5.99. The van der Waals surface area contributed by atoms with E-state index in [2.05, 4.69) is 10.6 Å². The molecule has 0 aliphatic rings. The van der Waals surface area contributed by atoms with E-state index in [4.69, 9.17) is 4.74 Å². The number of para-hydroxylation sites is 1. The third-order valence-electron chi connectivity index (χ3n) is 5.63. The van der Waals surface area contributed by atoms with Crippen molar-refractivity contribution in [2.75, 3.05) is 11.9 Å². The third-order valence-corrected chi connectivity index (χ3v) is 5.63. The van der Waals surface area contributed by atoms with Gasteiger partial charge < -0.3 is 20.3 Å². The van der Waals surface area contributed by atoms with Crippen LogP contribution in [0.4, 0.5) is 10.5 Å². The van der Waals surface area contributed by atoms with Crippen LogP contribution in [0.5, 0.6) is 0 Å². The maximum absolute atomic E-state index is 13.6. The molecule has 2 rings (SSSR count). The number of carbonyl (C=O) groups excluding carboxylic acids is 3. The molecular weight excluding hydrogens is 430 g/mol. The number of nitrogens with one attached hydrogen (secondary N) is 2. The van der Waals surface area contributed by atoms with E-state index in [9.17, 15) is 14.4 Å². The summed E-state index contributed by atoms with van der Waals surface area (Å²) < 4.78 is 5.29. The largest absolute Gasteiger partial charge is 0.444 e. The molecule has 0 saturated heterocycles. The lowest BCUT2D eigenvalue weighted by Gasteiger charge is -2.33. The van der Waals surface area contributed by atoms with Gasteiger partial charge >= 0.3 is 6.09 Å². The zero-order valence-electron chi connectivity index (χ0n) is 21.5. The lowest BCUT2D eigenvalue weighted by molar-refractivity contribution is -0.140. The highest BCUT2D eigenvalue weighted by atomic mass is 16.6. The number of hydrogen-bond donors (Lipinski definition) is 2. The molecule has 0 aromatic heterocycles. The average molecular weight is 468 g/mol. The van der Waals surface area contributed by atoms with Gasteiger partial charge in [0.25, 0.3) is 5.91 Å². The van der Waals surface area contributed by atoms with E-state index in [-0.39, 0.29) is 18.4 Å². The number of hydrogen-bond acceptors (Lipinski definition) is 4. The van der Waals surface area contributed by atoms with Crippen LogP contribution < -0.4 is 10.6 Å². The van der Waals surface area contributed by atoms with Crippen LogP contribution in [0, 0.1) is 20.8 Å². The Hall–Kier alpha value is -3.35. The first-order valence-electron chi connectivity index (χ1n) is 11.6. The van der Waals surface area contributed by atoms with Gasteiger partial charge in [0.15, 0.2) is 0 Å². The van der Waals surface area contributed by atoms with Gasteiger partial charge in [-0.2, -0.15) is 0 Å². The second kappa shape index (κ2) is 11.2. The van der Waals surface area contributed by atoms with Crippen LogP contribution in [0.3, 0.4) is 0 Å². The molecule has 7 nitrogen and oxygen atoms in total. The van der Waals surface area contributed by atoms with Crippen LogP contribution in [0.1, 0.15) is 62.9 Å². The van der Waals surface area contributed by atoms with Crippen LogP contribution in [-0.4, -0.2) is 41.0 Å². The first kappa shape index (κ1) is 26.9. The number of alkyl carbamates (subject to hydrolysis) is 1. The van der Waals surface area contributed by atoms with Crippen molar-refractivity contribution in [3.05, 3.63) is 64.7 Å². The molecule has 34 heavy (non-hydrogen) atoms. The summed E-state index contributed by atoms with van der Waals surface area (Å²) in [6.45, 7) is 14.8. The topological polar surface area (TPSA) is 87.7 Å². The van der Waals surface area contributed by atoms with E-state index in [1.807, 2.05) is 70.2 Å². The lowest BCUT2D eigenvalue weighted by atomic mass is 9.95. The van der Waals surface area contributed by atoms with Gasteiger partial charge in [0.05, 0.1) is 0 Å². The number of anilines is 1. The second-order valence-electron chi connectivity index (χ2n) is 9.49. The number of nitrogens with zero attached hydrogens (tertiary/aromatic N) is 1. The van der Waals surface area contributed by atoms with Crippen LogP contribution >= 0.6 is 0 Å². The van der Waals surface area contributed by atoms with Crippen molar-refractivity contribution in [1.29, 1.82) is 0 Å². The molecular formula is C27H37N3O4. The van der Waals surface area contributed by atoms with E-state index in [1.54, 1.807) is 27.7 Å². The number of ether oxygens (including phenoxy) is 1. The Balaban J connectivity index is 2.42. The fourth-order valence-corrected chi connectivity index (χ4v) is 3.70. The minimum Gasteiger partial charge on any atom is -0.444 e. The smallest absolute Gasteiger partial charge is 0.408 e. The summed E-state index contributed by atoms with van der Waals surface area (Å²) in [5.74, 6) is -0.693. The van der Waals surface area contributed by atoms with Gasteiger partial charge in [0.2, 0.25) is 5.91 Å². The van der Waals surface area contributed by atoms with Crippen LogP contribution in [-0.2, 0) is 14.3 Å². The van der Waals surface area contributed by atoms with Crippen molar-refractivity contribution in [1.82, 2.24) is 10.2 Å². The van der Waals surface area contributed by atoms with Crippen LogP contribution in [0.2, 0.25) is 0 Å². The summed E-state index contributed by atoms with van der Waals surface area (Å²) in [4.78, 5) is 40.9. The summed E-state index contributed by atoms with van der Waals surface area (Å²) >= 11 is 0. The molecule has 2 aromatic carbocycles. The van der Waals surface area contributed by atoms with E-state index in [0.717, 1.165) is 22.3 Å². The zero-order chi connectivity index (χ0) is 25.6. The van der Waals surface area contributed by atoms with Crippen molar-refractivity contribution in [3.8, 4) is 0 Å². The number of rotatable bonds is 7. The first-order chi connectivity index (χ1) is 15.9. The molecule has 0 fully saturated rings. The lowest BCUT2D eigenvalue weighted by Crippen LogP contribution is -2.51. The summed E-state index contributed by atoms with van der Waals surface area (Å²) in [6, 6.07) is 11.5. The van der Waals surface area contributed by atoms with Crippen molar-refractivity contribution in [3.63, 3.8) is 0 Å². The highest BCUT2D eigenvalue weighted by Crippen LogP contribution is 2.28. The number of amides is 3. The molecule has 2 N–H and O–H groups in total. The van der Waals surface area contributed by atoms with Crippen molar-refractivity contribution < 1.29 is 19.1 Å². The van der Waals surface area contributed by atoms with Crippen molar-refractivity contribution >= 4 is 23.6 Å². The van der Waals surface area contributed by atoms with Crippen molar-refractivity contribution in [2.24, 2.45) is 0 Å². The third kappa shape index (κ3) is 6.83. The van der Waals surface area contributed by atoms with Crippen molar-refractivity contribution in [2.45, 2.75) is 73.1 Å². The van der Waals surface area contributed by atoms with Gasteiger partial charge in [0, 0.05) is 12.2 Å². The van der Waals surface area contributed by atoms with Gasteiger partial charge in [-0.1, -0.05) is 36.4 Å². The predicted octanol–water partition coefficient (Wildman–Crippen LogP) is 5.05. The van der Waals surface area contributed by atoms with Gasteiger partial charge in [-0.3, -0.25) is 9.59 Å². The quantitative estimate of drug-likeness (QED) is 0.596. The molecule has 0 spiro atoms. The minimum atomic E-state index is -0.881. The fraction of sp³-hybridized carbons (Fsp3) is 0.444. The van der Waals surface area contributed by atoms with E-state index < -0.39 is 23.8 Å². The van der Waals surface area contributed by atoms with Crippen LogP contribution in [0.15, 0.2) is 42.5 Å². The van der Waals surface area contributed by atoms with Gasteiger partial charge in [-0.05, 0) is 83.7 Å². The van der Waals surface area contributed by atoms with Gasteiger partial charge in [-0.25, -0.2) is 4.79 Å². The number of likely N-dealkylation sites (N-methyl/N-ethyl adjacent to an activating group) is 1. The predicted molar refractivity (Wildman–Crippen MR) is 135 cm³/mol. The second-order valence-corrected chi connectivity index (χ2v) is 9.49. The molecule has 2 aromatic rings. The maximum atomic E-state index is 13.6. The Labute approximate surface area is 202 Å². The minimum absolute atomic E-state index is 0.276. The molecule has 0 aliphatic carbocycles. The number of carbonyl (C=O) groups is 3. The Morgan fingerprint density at radius 3 is 2.18 bits per heavy atom. The average Bonchev–Trinajstić information content (AvgIpc) is 2.74. The molecule has 0 aliphatic heterocycles. The summed E-state index contributed by atoms with van der Waals surface area (Å²) in [7, 11) is 0. The molecule has 3 amide bonds. The molecule has 7 heteroatoms.